The highest BCUT2D eigenvalue weighted by atomic mass is 32.2. The summed E-state index contributed by atoms with van der Waals surface area (Å²) in [6.07, 6.45) is 5.62. The Kier molecular flexibility index (Phi) is 5.22. The van der Waals surface area contributed by atoms with Crippen molar-refractivity contribution in [2.24, 2.45) is 0 Å². The quantitative estimate of drug-likeness (QED) is 0.759. The number of hydrogen-bond acceptors (Lipinski definition) is 4. The lowest BCUT2D eigenvalue weighted by Crippen LogP contribution is -2.44. The van der Waals surface area contributed by atoms with E-state index >= 15 is 0 Å². The van der Waals surface area contributed by atoms with Crippen molar-refractivity contribution in [3.05, 3.63) is 0 Å². The van der Waals surface area contributed by atoms with Crippen molar-refractivity contribution in [2.75, 3.05) is 26.7 Å². The first kappa shape index (κ1) is 15.2. The molecule has 1 aliphatic carbocycles. The molecule has 1 aliphatic heterocycles. The first-order chi connectivity index (χ1) is 9.00. The Bertz CT molecular complexity index is 375. The van der Waals surface area contributed by atoms with Crippen LogP contribution in [0, 0.1) is 0 Å². The molecule has 0 aromatic heterocycles. The highest BCUT2D eigenvalue weighted by molar-refractivity contribution is 7.89. The minimum atomic E-state index is -3.22. The molecule has 5 nitrogen and oxygen atoms in total. The number of rotatable bonds is 7. The smallest absolute Gasteiger partial charge is 0.217 e. The number of likely N-dealkylation sites (N-methyl/N-ethyl adjacent to an activating group) is 1. The van der Waals surface area contributed by atoms with Gasteiger partial charge in [0.25, 0.3) is 0 Å². The predicted octanol–water partition coefficient (Wildman–Crippen LogP) is 0.958. The first-order valence-electron chi connectivity index (χ1n) is 7.30. The molecule has 2 fully saturated rings. The fourth-order valence-electron chi connectivity index (χ4n) is 2.37. The minimum absolute atomic E-state index is 0.0668. The van der Waals surface area contributed by atoms with E-state index in [4.69, 9.17) is 4.74 Å². The molecule has 0 aromatic rings. The highest BCUT2D eigenvalue weighted by Crippen LogP contribution is 2.20. The van der Waals surface area contributed by atoms with E-state index in [0.29, 0.717) is 19.1 Å². The monoisotopic (exact) mass is 290 g/mol. The topological polar surface area (TPSA) is 58.6 Å². The van der Waals surface area contributed by atoms with Crippen LogP contribution in [-0.4, -0.2) is 56.9 Å². The molecule has 0 aromatic carbocycles. The molecule has 2 unspecified atom stereocenters. The Balaban J connectivity index is 1.81. The summed E-state index contributed by atoms with van der Waals surface area (Å²) in [5, 5.41) is 2.91. The summed E-state index contributed by atoms with van der Waals surface area (Å²) in [6.45, 7) is 3.57. The van der Waals surface area contributed by atoms with Crippen LogP contribution in [-0.2, 0) is 14.8 Å². The number of ether oxygens (including phenoxy) is 1. The maximum absolute atomic E-state index is 12.4. The van der Waals surface area contributed by atoms with Crippen molar-refractivity contribution < 1.29 is 13.2 Å². The molecule has 2 atom stereocenters. The third kappa shape index (κ3) is 4.41. The Labute approximate surface area is 116 Å². The molecule has 2 rings (SSSR count). The van der Waals surface area contributed by atoms with Gasteiger partial charge in [-0.15, -0.1) is 0 Å². The third-order valence-corrected chi connectivity index (χ3v) is 6.15. The van der Waals surface area contributed by atoms with Crippen LogP contribution in [0.3, 0.4) is 0 Å². The molecule has 112 valence electrons. The van der Waals surface area contributed by atoms with Gasteiger partial charge in [0.2, 0.25) is 10.0 Å². The molecule has 0 amide bonds. The standard InChI is InChI=1S/C13H26N2O3S/c1-11(9-14-12-6-7-12)19(16,17)15(2)10-13-5-3-4-8-18-13/h11-14H,3-10H2,1-2H3. The molecule has 2 aliphatic rings. The van der Waals surface area contributed by atoms with Crippen molar-refractivity contribution in [3.8, 4) is 0 Å². The lowest BCUT2D eigenvalue weighted by molar-refractivity contribution is 0.00850. The van der Waals surface area contributed by atoms with Crippen LogP contribution in [0.2, 0.25) is 0 Å². The SMILES string of the molecule is CC(CNC1CC1)S(=O)(=O)N(C)CC1CCCCO1. The zero-order valence-corrected chi connectivity index (χ0v) is 12.8. The number of nitrogens with zero attached hydrogens (tertiary/aromatic N) is 1. The van der Waals surface area contributed by atoms with E-state index in [9.17, 15) is 8.42 Å². The molecule has 0 radical (unpaired) electrons. The van der Waals surface area contributed by atoms with Gasteiger partial charge >= 0.3 is 0 Å². The maximum atomic E-state index is 12.4. The van der Waals surface area contributed by atoms with Gasteiger partial charge in [-0.2, -0.15) is 0 Å². The Morgan fingerprint density at radius 3 is 2.63 bits per heavy atom. The van der Waals surface area contributed by atoms with Crippen molar-refractivity contribution in [1.29, 1.82) is 0 Å². The fourth-order valence-corrected chi connectivity index (χ4v) is 3.67. The van der Waals surface area contributed by atoms with Crippen LogP contribution >= 0.6 is 0 Å². The largest absolute Gasteiger partial charge is 0.377 e. The van der Waals surface area contributed by atoms with Gasteiger partial charge < -0.3 is 10.1 Å². The molecule has 1 heterocycles. The second-order valence-electron chi connectivity index (χ2n) is 5.81. The Morgan fingerprint density at radius 1 is 1.32 bits per heavy atom. The highest BCUT2D eigenvalue weighted by Gasteiger charge is 2.30. The van der Waals surface area contributed by atoms with E-state index < -0.39 is 10.0 Å². The summed E-state index contributed by atoms with van der Waals surface area (Å²) in [5.41, 5.74) is 0. The zero-order chi connectivity index (χ0) is 13.9. The van der Waals surface area contributed by atoms with Crippen molar-refractivity contribution in [1.82, 2.24) is 9.62 Å². The van der Waals surface area contributed by atoms with Gasteiger partial charge in [-0.3, -0.25) is 0 Å². The van der Waals surface area contributed by atoms with Crippen molar-refractivity contribution in [2.45, 2.75) is 56.4 Å². The molecule has 1 saturated carbocycles. The number of sulfonamides is 1. The van der Waals surface area contributed by atoms with Gasteiger partial charge in [0.1, 0.15) is 0 Å². The van der Waals surface area contributed by atoms with Gasteiger partial charge in [0, 0.05) is 32.8 Å². The van der Waals surface area contributed by atoms with E-state index in [-0.39, 0.29) is 11.4 Å². The van der Waals surface area contributed by atoms with E-state index in [1.165, 1.54) is 17.1 Å². The summed E-state index contributed by atoms with van der Waals surface area (Å²) in [7, 11) is -1.55. The Morgan fingerprint density at radius 2 is 2.05 bits per heavy atom. The maximum Gasteiger partial charge on any atom is 0.217 e. The fraction of sp³-hybridized carbons (Fsp3) is 1.00. The summed E-state index contributed by atoms with van der Waals surface area (Å²) in [4.78, 5) is 0. The second-order valence-corrected chi connectivity index (χ2v) is 8.27. The molecule has 0 spiro atoms. The summed E-state index contributed by atoms with van der Waals surface area (Å²) < 4.78 is 31.8. The third-order valence-electron chi connectivity index (χ3n) is 3.95. The molecule has 0 bridgehead atoms. The molecular weight excluding hydrogens is 264 g/mol. The van der Waals surface area contributed by atoms with Crippen LogP contribution in [0.4, 0.5) is 0 Å². The first-order valence-corrected chi connectivity index (χ1v) is 8.80. The summed E-state index contributed by atoms with van der Waals surface area (Å²) >= 11 is 0. The average molecular weight is 290 g/mol. The normalized spacial score (nSPS) is 26.6. The molecule has 19 heavy (non-hydrogen) atoms. The second kappa shape index (κ2) is 6.52. The van der Waals surface area contributed by atoms with Crippen LogP contribution in [0.5, 0.6) is 0 Å². The summed E-state index contributed by atoms with van der Waals surface area (Å²) in [6, 6.07) is 0.546. The van der Waals surface area contributed by atoms with Gasteiger partial charge in [0.15, 0.2) is 0 Å². The van der Waals surface area contributed by atoms with Gasteiger partial charge in [-0.05, 0) is 39.0 Å². The number of hydrogen-bond donors (Lipinski definition) is 1. The average Bonchev–Trinajstić information content (AvgIpc) is 3.21. The minimum Gasteiger partial charge on any atom is -0.377 e. The van der Waals surface area contributed by atoms with Gasteiger partial charge in [0.05, 0.1) is 11.4 Å². The van der Waals surface area contributed by atoms with E-state index in [1.54, 1.807) is 14.0 Å². The summed E-state index contributed by atoms with van der Waals surface area (Å²) in [5.74, 6) is 0. The molecule has 6 heteroatoms. The van der Waals surface area contributed by atoms with Crippen LogP contribution in [0.15, 0.2) is 0 Å². The van der Waals surface area contributed by atoms with Gasteiger partial charge in [-0.25, -0.2) is 12.7 Å². The molecule has 1 saturated heterocycles. The van der Waals surface area contributed by atoms with Crippen molar-refractivity contribution in [3.63, 3.8) is 0 Å². The lowest BCUT2D eigenvalue weighted by Gasteiger charge is -2.28. The number of nitrogens with one attached hydrogen (secondary N) is 1. The van der Waals surface area contributed by atoms with Crippen LogP contribution < -0.4 is 5.32 Å². The van der Waals surface area contributed by atoms with E-state index in [2.05, 4.69) is 5.32 Å². The lowest BCUT2D eigenvalue weighted by atomic mass is 10.1. The van der Waals surface area contributed by atoms with Crippen molar-refractivity contribution >= 4 is 10.0 Å². The predicted molar refractivity (Wildman–Crippen MR) is 75.6 cm³/mol. The van der Waals surface area contributed by atoms with Crippen LogP contribution in [0.25, 0.3) is 0 Å². The van der Waals surface area contributed by atoms with E-state index in [1.807, 2.05) is 0 Å². The van der Waals surface area contributed by atoms with Crippen LogP contribution in [0.1, 0.15) is 39.0 Å². The van der Waals surface area contributed by atoms with Gasteiger partial charge in [-0.1, -0.05) is 0 Å². The van der Waals surface area contributed by atoms with E-state index in [0.717, 1.165) is 25.9 Å². The molecule has 1 N–H and O–H groups in total. The Hall–Kier alpha value is -0.170. The zero-order valence-electron chi connectivity index (χ0n) is 12.0. The molecular formula is C13H26N2O3S.